The second-order valence-corrected chi connectivity index (χ2v) is 9.36. The molecule has 0 fully saturated rings. The highest BCUT2D eigenvalue weighted by Gasteiger charge is 2.35. The fourth-order valence-corrected chi connectivity index (χ4v) is 4.12. The van der Waals surface area contributed by atoms with Gasteiger partial charge in [0.25, 0.3) is 0 Å². The normalized spacial score (nSPS) is 19.0. The summed E-state index contributed by atoms with van der Waals surface area (Å²) in [5.74, 6) is -0.655. The molecular weight excluding hydrogens is 420 g/mol. The van der Waals surface area contributed by atoms with Gasteiger partial charge in [0.2, 0.25) is 0 Å². The van der Waals surface area contributed by atoms with E-state index in [1.807, 2.05) is 33.8 Å². The van der Waals surface area contributed by atoms with E-state index in [9.17, 15) is 19.8 Å². The van der Waals surface area contributed by atoms with E-state index in [4.69, 9.17) is 9.15 Å². The van der Waals surface area contributed by atoms with Crippen LogP contribution in [-0.4, -0.2) is 21.6 Å². The molecule has 6 nitrogen and oxygen atoms in total. The van der Waals surface area contributed by atoms with Crippen molar-refractivity contribution in [1.82, 2.24) is 0 Å². The number of ether oxygens (including phenoxy) is 1. The molecule has 6 heteroatoms. The first-order valence-electron chi connectivity index (χ1n) is 11.6. The number of phenolic OH excluding ortho intramolecular Hbond substituents is 1. The standard InChI is InChI=1S/C27H34O6/c1-7-16(5)23(30)22-24(31)17-11-13-27(6,12-9-10-15(3)4)33-25(17)21-18(19(28)8-2)14-20(29)32-26(21)22/h10-11,13-14,16,19,28,31H,7-9,12H2,1-6H3/t16?,19-,27?/m0/s1. The maximum atomic E-state index is 13.2. The van der Waals surface area contributed by atoms with Crippen molar-refractivity contribution in [3.8, 4) is 11.5 Å². The second-order valence-electron chi connectivity index (χ2n) is 9.36. The van der Waals surface area contributed by atoms with Gasteiger partial charge in [-0.2, -0.15) is 0 Å². The fraction of sp³-hybridized carbons (Fsp3) is 0.481. The van der Waals surface area contributed by atoms with Crippen LogP contribution in [0.15, 0.2) is 33.0 Å². The maximum Gasteiger partial charge on any atom is 0.336 e. The highest BCUT2D eigenvalue weighted by Crippen LogP contribution is 2.48. The van der Waals surface area contributed by atoms with Crippen LogP contribution in [-0.2, 0) is 0 Å². The van der Waals surface area contributed by atoms with E-state index in [-0.39, 0.29) is 28.6 Å². The Bertz CT molecular complexity index is 1180. The lowest BCUT2D eigenvalue weighted by Gasteiger charge is -2.33. The zero-order valence-electron chi connectivity index (χ0n) is 20.3. The van der Waals surface area contributed by atoms with E-state index < -0.39 is 17.3 Å². The number of aromatic hydroxyl groups is 1. The molecule has 0 radical (unpaired) electrons. The molecule has 0 amide bonds. The van der Waals surface area contributed by atoms with Crippen LogP contribution in [0.1, 0.15) is 94.8 Å². The van der Waals surface area contributed by atoms with Gasteiger partial charge in [-0.3, -0.25) is 4.79 Å². The molecular formula is C27H34O6. The topological polar surface area (TPSA) is 97.0 Å². The van der Waals surface area contributed by atoms with Gasteiger partial charge in [0.1, 0.15) is 22.7 Å². The Morgan fingerprint density at radius 3 is 2.55 bits per heavy atom. The molecule has 33 heavy (non-hydrogen) atoms. The summed E-state index contributed by atoms with van der Waals surface area (Å²) in [7, 11) is 0. The molecule has 0 aliphatic carbocycles. The van der Waals surface area contributed by atoms with Crippen LogP contribution < -0.4 is 10.4 Å². The molecule has 178 valence electrons. The largest absolute Gasteiger partial charge is 0.506 e. The van der Waals surface area contributed by atoms with Crippen molar-refractivity contribution in [2.45, 2.75) is 78.9 Å². The first-order chi connectivity index (χ1) is 15.5. The van der Waals surface area contributed by atoms with Gasteiger partial charge >= 0.3 is 5.63 Å². The third-order valence-electron chi connectivity index (χ3n) is 6.37. The summed E-state index contributed by atoms with van der Waals surface area (Å²) in [4.78, 5) is 25.7. The Morgan fingerprint density at radius 2 is 1.94 bits per heavy atom. The van der Waals surface area contributed by atoms with Gasteiger partial charge in [-0.05, 0) is 58.6 Å². The summed E-state index contributed by atoms with van der Waals surface area (Å²) in [6.07, 6.45) is 7.22. The molecule has 0 bridgehead atoms. The Labute approximate surface area is 194 Å². The van der Waals surface area contributed by atoms with Crippen LogP contribution in [0, 0.1) is 5.92 Å². The van der Waals surface area contributed by atoms with Gasteiger partial charge in [0, 0.05) is 17.5 Å². The Morgan fingerprint density at radius 1 is 1.24 bits per heavy atom. The monoisotopic (exact) mass is 454 g/mol. The van der Waals surface area contributed by atoms with Crippen molar-refractivity contribution in [2.24, 2.45) is 5.92 Å². The van der Waals surface area contributed by atoms with E-state index in [0.29, 0.717) is 41.5 Å². The molecule has 1 aliphatic heterocycles. The van der Waals surface area contributed by atoms with E-state index in [1.54, 1.807) is 19.9 Å². The van der Waals surface area contributed by atoms with E-state index in [0.717, 1.165) is 6.42 Å². The molecule has 2 unspecified atom stereocenters. The third-order valence-corrected chi connectivity index (χ3v) is 6.37. The van der Waals surface area contributed by atoms with Crippen molar-refractivity contribution in [1.29, 1.82) is 0 Å². The summed E-state index contributed by atoms with van der Waals surface area (Å²) in [6, 6.07) is 1.24. The number of hydrogen-bond donors (Lipinski definition) is 2. The highest BCUT2D eigenvalue weighted by atomic mass is 16.5. The summed E-state index contributed by atoms with van der Waals surface area (Å²) < 4.78 is 11.9. The first-order valence-corrected chi connectivity index (χ1v) is 11.6. The number of benzene rings is 1. The number of allylic oxidation sites excluding steroid dienone is 2. The molecule has 2 N–H and O–H groups in total. The Kier molecular flexibility index (Phi) is 7.17. The minimum absolute atomic E-state index is 0.0338. The number of Topliss-reactive ketones (excluding diaryl/α,β-unsaturated/α-hetero) is 1. The molecule has 1 aromatic carbocycles. The number of ketones is 1. The van der Waals surface area contributed by atoms with E-state index >= 15 is 0 Å². The predicted octanol–water partition coefficient (Wildman–Crippen LogP) is 6.08. The maximum absolute atomic E-state index is 13.2. The minimum atomic E-state index is -0.955. The summed E-state index contributed by atoms with van der Waals surface area (Å²) >= 11 is 0. The van der Waals surface area contributed by atoms with Gasteiger partial charge in [0.05, 0.1) is 17.1 Å². The number of aliphatic hydroxyl groups is 1. The van der Waals surface area contributed by atoms with E-state index in [2.05, 4.69) is 6.08 Å². The number of fused-ring (bicyclic) bond motifs is 3. The average Bonchev–Trinajstić information content (AvgIpc) is 2.76. The van der Waals surface area contributed by atoms with Gasteiger partial charge in [0.15, 0.2) is 11.4 Å². The number of carbonyl (C=O) groups is 1. The summed E-state index contributed by atoms with van der Waals surface area (Å²) in [5, 5.41) is 22.3. The van der Waals surface area contributed by atoms with Crippen LogP contribution in [0.25, 0.3) is 17.0 Å². The molecule has 1 aliphatic rings. The molecule has 0 saturated heterocycles. The zero-order valence-corrected chi connectivity index (χ0v) is 20.3. The molecule has 1 aromatic heterocycles. The molecule has 2 heterocycles. The van der Waals surface area contributed by atoms with Crippen LogP contribution in [0.4, 0.5) is 0 Å². The van der Waals surface area contributed by atoms with E-state index in [1.165, 1.54) is 11.6 Å². The first kappa shape index (κ1) is 24.8. The number of aliphatic hydroxyl groups excluding tert-OH is 1. The fourth-order valence-electron chi connectivity index (χ4n) is 4.12. The Balaban J connectivity index is 2.34. The molecule has 0 spiro atoms. The van der Waals surface area contributed by atoms with Crippen LogP contribution in [0.5, 0.6) is 11.5 Å². The Hall–Kier alpha value is -2.86. The van der Waals surface area contributed by atoms with Crippen molar-refractivity contribution in [3.63, 3.8) is 0 Å². The lowest BCUT2D eigenvalue weighted by Crippen LogP contribution is -2.32. The second kappa shape index (κ2) is 9.56. The van der Waals surface area contributed by atoms with Crippen LogP contribution in [0.3, 0.4) is 0 Å². The van der Waals surface area contributed by atoms with Gasteiger partial charge in [-0.1, -0.05) is 32.4 Å². The van der Waals surface area contributed by atoms with Crippen LogP contribution in [0.2, 0.25) is 0 Å². The summed E-state index contributed by atoms with van der Waals surface area (Å²) in [5.41, 5.74) is 0.457. The molecule has 3 atom stereocenters. The third kappa shape index (κ3) is 4.76. The lowest BCUT2D eigenvalue weighted by atomic mass is 9.87. The predicted molar refractivity (Wildman–Crippen MR) is 130 cm³/mol. The lowest BCUT2D eigenvalue weighted by molar-refractivity contribution is 0.0924. The van der Waals surface area contributed by atoms with Crippen molar-refractivity contribution in [3.05, 3.63) is 50.9 Å². The van der Waals surface area contributed by atoms with Crippen molar-refractivity contribution in [2.75, 3.05) is 0 Å². The van der Waals surface area contributed by atoms with Gasteiger partial charge in [-0.25, -0.2) is 4.79 Å². The zero-order chi connectivity index (χ0) is 24.5. The van der Waals surface area contributed by atoms with Crippen LogP contribution >= 0.6 is 0 Å². The number of phenols is 1. The number of carbonyl (C=O) groups excluding carboxylic acids is 1. The quantitative estimate of drug-likeness (QED) is 0.285. The highest BCUT2D eigenvalue weighted by molar-refractivity contribution is 6.13. The minimum Gasteiger partial charge on any atom is -0.506 e. The van der Waals surface area contributed by atoms with Gasteiger partial charge < -0.3 is 19.4 Å². The molecule has 0 saturated carbocycles. The average molecular weight is 455 g/mol. The molecule has 2 aromatic rings. The van der Waals surface area contributed by atoms with Crippen molar-refractivity contribution >= 4 is 22.8 Å². The smallest absolute Gasteiger partial charge is 0.336 e. The number of rotatable bonds is 8. The number of hydrogen-bond acceptors (Lipinski definition) is 6. The van der Waals surface area contributed by atoms with Crippen molar-refractivity contribution < 1.29 is 24.2 Å². The van der Waals surface area contributed by atoms with Gasteiger partial charge in [-0.15, -0.1) is 0 Å². The molecule has 3 rings (SSSR count). The summed E-state index contributed by atoms with van der Waals surface area (Å²) in [6.45, 7) is 11.5. The SMILES string of the molecule is CCC(C)C(=O)c1c(O)c2c(c3c([C@@H](O)CC)cc(=O)oc13)OC(C)(CCC=C(C)C)C=C2.